The Balaban J connectivity index is 2.22. The molecule has 0 amide bonds. The quantitative estimate of drug-likeness (QED) is 0.885. The second-order valence-corrected chi connectivity index (χ2v) is 4.75. The number of hydrogen-bond donors (Lipinski definition) is 1. The van der Waals surface area contributed by atoms with Crippen LogP contribution in [0.15, 0.2) is 28.8 Å². The molecule has 2 aromatic rings. The zero-order chi connectivity index (χ0) is 14.5. The van der Waals surface area contributed by atoms with Crippen LogP contribution in [0.3, 0.4) is 0 Å². The van der Waals surface area contributed by atoms with Crippen molar-refractivity contribution in [3.63, 3.8) is 0 Å². The second-order valence-electron chi connectivity index (χ2n) is 4.34. The van der Waals surface area contributed by atoms with Gasteiger partial charge in [-0.15, -0.1) is 0 Å². The molecule has 1 heterocycles. The van der Waals surface area contributed by atoms with Crippen molar-refractivity contribution in [2.45, 2.75) is 32.4 Å². The summed E-state index contributed by atoms with van der Waals surface area (Å²) in [4.78, 5) is 4.33. The minimum atomic E-state index is -0.538. The first-order valence-corrected chi connectivity index (χ1v) is 7.00. The summed E-state index contributed by atoms with van der Waals surface area (Å²) in [5.41, 5.74) is 6.88. The summed E-state index contributed by atoms with van der Waals surface area (Å²) in [5.74, 6) is 0.859. The van der Waals surface area contributed by atoms with Gasteiger partial charge >= 0.3 is 0 Å². The van der Waals surface area contributed by atoms with Gasteiger partial charge in [0, 0.05) is 11.6 Å². The number of benzene rings is 1. The summed E-state index contributed by atoms with van der Waals surface area (Å²) in [7, 11) is 0. The molecule has 1 aromatic carbocycles. The van der Waals surface area contributed by atoms with Crippen molar-refractivity contribution in [2.75, 3.05) is 6.61 Å². The summed E-state index contributed by atoms with van der Waals surface area (Å²) >= 11 is 6.12. The van der Waals surface area contributed by atoms with E-state index < -0.39 is 6.04 Å². The van der Waals surface area contributed by atoms with Crippen LogP contribution in [0.2, 0.25) is 5.02 Å². The third-order valence-electron chi connectivity index (χ3n) is 2.99. The van der Waals surface area contributed by atoms with E-state index in [-0.39, 0.29) is 6.10 Å². The molecule has 108 valence electrons. The Morgan fingerprint density at radius 2 is 2.10 bits per heavy atom. The van der Waals surface area contributed by atoms with Gasteiger partial charge in [-0.25, -0.2) is 0 Å². The summed E-state index contributed by atoms with van der Waals surface area (Å²) in [6.45, 7) is 4.53. The Kier molecular flexibility index (Phi) is 5.11. The molecule has 2 atom stereocenters. The van der Waals surface area contributed by atoms with Crippen LogP contribution in [0.1, 0.15) is 49.7 Å². The molecule has 0 fully saturated rings. The first-order valence-electron chi connectivity index (χ1n) is 6.62. The Morgan fingerprint density at radius 1 is 1.35 bits per heavy atom. The second kappa shape index (κ2) is 6.83. The fourth-order valence-electron chi connectivity index (χ4n) is 1.94. The number of rotatable bonds is 6. The highest BCUT2D eigenvalue weighted by Gasteiger charge is 2.22. The molecule has 0 spiro atoms. The van der Waals surface area contributed by atoms with Crippen molar-refractivity contribution < 1.29 is 9.26 Å². The van der Waals surface area contributed by atoms with Crippen LogP contribution in [0, 0.1) is 0 Å². The van der Waals surface area contributed by atoms with E-state index in [1.54, 1.807) is 6.07 Å². The summed E-state index contributed by atoms with van der Waals surface area (Å²) < 4.78 is 10.8. The Morgan fingerprint density at radius 3 is 2.75 bits per heavy atom. The first kappa shape index (κ1) is 15.0. The van der Waals surface area contributed by atoms with E-state index in [1.807, 2.05) is 32.0 Å². The zero-order valence-corrected chi connectivity index (χ0v) is 12.3. The number of halogens is 1. The highest BCUT2D eigenvalue weighted by molar-refractivity contribution is 6.31. The highest BCUT2D eigenvalue weighted by atomic mass is 35.5. The normalized spacial score (nSPS) is 14.2. The maximum atomic E-state index is 6.12. The molecule has 1 aromatic heterocycles. The van der Waals surface area contributed by atoms with Crippen molar-refractivity contribution in [3.05, 3.63) is 46.6 Å². The van der Waals surface area contributed by atoms with Crippen molar-refractivity contribution in [3.8, 4) is 0 Å². The highest BCUT2D eigenvalue weighted by Crippen LogP contribution is 2.26. The monoisotopic (exact) mass is 295 g/mol. The molecule has 1 unspecified atom stereocenters. The number of nitrogens with two attached hydrogens (primary N) is 1. The summed E-state index contributed by atoms with van der Waals surface area (Å²) in [6.07, 6.45) is 0.602. The van der Waals surface area contributed by atoms with Crippen LogP contribution in [0.4, 0.5) is 0 Å². The molecule has 0 saturated heterocycles. The van der Waals surface area contributed by atoms with Gasteiger partial charge in [-0.2, -0.15) is 4.98 Å². The molecule has 0 aliphatic rings. The fourth-order valence-corrected chi connectivity index (χ4v) is 2.19. The van der Waals surface area contributed by atoms with Crippen molar-refractivity contribution in [1.82, 2.24) is 10.1 Å². The third kappa shape index (κ3) is 3.17. The van der Waals surface area contributed by atoms with Gasteiger partial charge in [0.25, 0.3) is 0 Å². The third-order valence-corrected chi connectivity index (χ3v) is 3.33. The Bertz CT molecular complexity index is 559. The van der Waals surface area contributed by atoms with E-state index in [9.17, 15) is 0 Å². The van der Waals surface area contributed by atoms with Gasteiger partial charge in [-0.05, 0) is 25.0 Å². The Hall–Kier alpha value is -1.43. The number of ether oxygens (including phenoxy) is 1. The zero-order valence-electron chi connectivity index (χ0n) is 11.5. The minimum Gasteiger partial charge on any atom is -0.370 e. The lowest BCUT2D eigenvalue weighted by Crippen LogP contribution is -2.13. The first-order chi connectivity index (χ1) is 9.67. The minimum absolute atomic E-state index is 0.170. The van der Waals surface area contributed by atoms with Gasteiger partial charge < -0.3 is 15.0 Å². The van der Waals surface area contributed by atoms with E-state index in [2.05, 4.69) is 10.1 Å². The van der Waals surface area contributed by atoms with Gasteiger partial charge in [0.1, 0.15) is 12.1 Å². The molecule has 0 saturated carbocycles. The van der Waals surface area contributed by atoms with Crippen LogP contribution < -0.4 is 5.73 Å². The van der Waals surface area contributed by atoms with Crippen molar-refractivity contribution in [2.24, 2.45) is 5.73 Å². The van der Waals surface area contributed by atoms with Crippen LogP contribution in [-0.4, -0.2) is 16.7 Å². The molecular weight excluding hydrogens is 278 g/mol. The standard InChI is InChI=1S/C14H18ClN3O2/c1-3-11(19-4-2)13-17-14(20-18-13)12(16)9-7-5-6-8-10(9)15/h5-8,11-12H,3-4,16H2,1-2H3/t11?,12-/m1/s1. The van der Waals surface area contributed by atoms with E-state index in [1.165, 1.54) is 0 Å². The molecule has 0 aliphatic heterocycles. The number of hydrogen-bond acceptors (Lipinski definition) is 5. The lowest BCUT2D eigenvalue weighted by atomic mass is 10.1. The number of aromatic nitrogens is 2. The predicted molar refractivity (Wildman–Crippen MR) is 76.4 cm³/mol. The molecule has 20 heavy (non-hydrogen) atoms. The summed E-state index contributed by atoms with van der Waals surface area (Å²) in [5, 5.41) is 4.53. The van der Waals surface area contributed by atoms with Crippen molar-refractivity contribution in [1.29, 1.82) is 0 Å². The van der Waals surface area contributed by atoms with Crippen LogP contribution in [-0.2, 0) is 4.74 Å². The van der Waals surface area contributed by atoms with Crippen molar-refractivity contribution >= 4 is 11.6 Å². The van der Waals surface area contributed by atoms with Gasteiger partial charge in [0.05, 0.1) is 0 Å². The summed E-state index contributed by atoms with van der Waals surface area (Å²) in [6, 6.07) is 6.80. The molecule has 2 N–H and O–H groups in total. The van der Waals surface area contributed by atoms with E-state index in [4.69, 9.17) is 26.6 Å². The maximum absolute atomic E-state index is 6.12. The largest absolute Gasteiger partial charge is 0.370 e. The van der Waals surface area contributed by atoms with Gasteiger partial charge in [-0.1, -0.05) is 41.9 Å². The molecule has 0 aliphatic carbocycles. The topological polar surface area (TPSA) is 74.2 Å². The molecule has 6 heteroatoms. The van der Waals surface area contributed by atoms with E-state index in [0.29, 0.717) is 23.3 Å². The smallest absolute Gasteiger partial charge is 0.248 e. The fraction of sp³-hybridized carbons (Fsp3) is 0.429. The average molecular weight is 296 g/mol. The lowest BCUT2D eigenvalue weighted by Gasteiger charge is -2.10. The predicted octanol–water partition coefficient (Wildman–Crippen LogP) is 3.26. The van der Waals surface area contributed by atoms with Crippen LogP contribution in [0.25, 0.3) is 0 Å². The lowest BCUT2D eigenvalue weighted by molar-refractivity contribution is 0.0518. The Labute approximate surface area is 123 Å². The number of nitrogens with zero attached hydrogens (tertiary/aromatic N) is 2. The van der Waals surface area contributed by atoms with E-state index in [0.717, 1.165) is 12.0 Å². The van der Waals surface area contributed by atoms with Gasteiger partial charge in [0.2, 0.25) is 11.7 Å². The molecular formula is C14H18ClN3O2. The van der Waals surface area contributed by atoms with Crippen LogP contribution in [0.5, 0.6) is 0 Å². The van der Waals surface area contributed by atoms with Crippen LogP contribution >= 0.6 is 11.6 Å². The van der Waals surface area contributed by atoms with Gasteiger partial charge in [-0.3, -0.25) is 0 Å². The molecule has 0 bridgehead atoms. The SMILES string of the molecule is CCOC(CC)c1noc([C@H](N)c2ccccc2Cl)n1. The molecule has 2 rings (SSSR count). The maximum Gasteiger partial charge on any atom is 0.248 e. The molecule has 5 nitrogen and oxygen atoms in total. The van der Waals surface area contributed by atoms with Gasteiger partial charge in [0.15, 0.2) is 0 Å². The molecule has 0 radical (unpaired) electrons. The average Bonchev–Trinajstić information content (AvgIpc) is 2.94. The van der Waals surface area contributed by atoms with E-state index >= 15 is 0 Å².